The van der Waals surface area contributed by atoms with E-state index in [9.17, 15) is 4.79 Å². The molecule has 3 rings (SSSR count). The Morgan fingerprint density at radius 3 is 2.52 bits per heavy atom. The van der Waals surface area contributed by atoms with Gasteiger partial charge in [-0.1, -0.05) is 30.3 Å². The van der Waals surface area contributed by atoms with Gasteiger partial charge in [-0.3, -0.25) is 0 Å². The molecule has 1 fully saturated rings. The van der Waals surface area contributed by atoms with Gasteiger partial charge >= 0.3 is 5.97 Å². The van der Waals surface area contributed by atoms with Crippen LogP contribution < -0.4 is 5.32 Å². The number of anilines is 1. The van der Waals surface area contributed by atoms with Crippen LogP contribution in [0.5, 0.6) is 0 Å². The molecular formula is C16H17N3O2. The number of benzene rings is 1. The SMILES string of the molecule is O=C(O)c1cnc(NCC2(Cc3ccccc3)CC2)cn1. The largest absolute Gasteiger partial charge is 0.476 e. The molecule has 0 bridgehead atoms. The molecule has 1 aliphatic rings. The molecule has 0 spiro atoms. The van der Waals surface area contributed by atoms with Crippen molar-refractivity contribution < 1.29 is 9.90 Å². The monoisotopic (exact) mass is 283 g/mol. The minimum Gasteiger partial charge on any atom is -0.476 e. The number of hydrogen-bond donors (Lipinski definition) is 2. The molecule has 1 heterocycles. The summed E-state index contributed by atoms with van der Waals surface area (Å²) in [6, 6.07) is 10.5. The van der Waals surface area contributed by atoms with E-state index in [1.54, 1.807) is 0 Å². The summed E-state index contributed by atoms with van der Waals surface area (Å²) >= 11 is 0. The summed E-state index contributed by atoms with van der Waals surface area (Å²) in [7, 11) is 0. The molecule has 1 aliphatic carbocycles. The Kier molecular flexibility index (Phi) is 3.56. The van der Waals surface area contributed by atoms with Crippen LogP contribution in [-0.2, 0) is 6.42 Å². The smallest absolute Gasteiger partial charge is 0.356 e. The molecule has 2 N–H and O–H groups in total. The number of rotatable bonds is 6. The van der Waals surface area contributed by atoms with Crippen LogP contribution in [0, 0.1) is 5.41 Å². The van der Waals surface area contributed by atoms with Gasteiger partial charge in [0.05, 0.1) is 12.4 Å². The van der Waals surface area contributed by atoms with Crippen molar-refractivity contribution in [3.05, 3.63) is 54.0 Å². The van der Waals surface area contributed by atoms with Gasteiger partial charge in [0.2, 0.25) is 0 Å². The Bertz CT molecular complexity index is 622. The normalized spacial score (nSPS) is 15.4. The molecule has 2 aromatic rings. The highest BCUT2D eigenvalue weighted by molar-refractivity contribution is 5.84. The zero-order chi connectivity index (χ0) is 14.7. The van der Waals surface area contributed by atoms with E-state index in [1.165, 1.54) is 30.8 Å². The van der Waals surface area contributed by atoms with E-state index >= 15 is 0 Å². The van der Waals surface area contributed by atoms with Crippen molar-refractivity contribution in [2.24, 2.45) is 5.41 Å². The number of carboxylic acid groups (broad SMARTS) is 1. The molecule has 21 heavy (non-hydrogen) atoms. The maximum atomic E-state index is 10.7. The highest BCUT2D eigenvalue weighted by atomic mass is 16.4. The second kappa shape index (κ2) is 5.52. The quantitative estimate of drug-likeness (QED) is 0.852. The number of nitrogens with one attached hydrogen (secondary N) is 1. The highest BCUT2D eigenvalue weighted by Gasteiger charge is 2.42. The van der Waals surface area contributed by atoms with E-state index in [0.717, 1.165) is 13.0 Å². The van der Waals surface area contributed by atoms with Crippen molar-refractivity contribution in [3.8, 4) is 0 Å². The Morgan fingerprint density at radius 1 is 1.19 bits per heavy atom. The molecule has 5 heteroatoms. The maximum Gasteiger partial charge on any atom is 0.356 e. The minimum absolute atomic E-state index is 0.0361. The van der Waals surface area contributed by atoms with Crippen molar-refractivity contribution in [3.63, 3.8) is 0 Å². The first-order chi connectivity index (χ1) is 10.2. The van der Waals surface area contributed by atoms with Crippen LogP contribution >= 0.6 is 0 Å². The van der Waals surface area contributed by atoms with E-state index in [-0.39, 0.29) is 5.69 Å². The predicted octanol–water partition coefficient (Wildman–Crippen LogP) is 2.61. The molecule has 0 saturated heterocycles. The van der Waals surface area contributed by atoms with Crippen LogP contribution in [0.25, 0.3) is 0 Å². The number of carboxylic acids is 1. The van der Waals surface area contributed by atoms with Crippen LogP contribution in [0.3, 0.4) is 0 Å². The zero-order valence-corrected chi connectivity index (χ0v) is 11.6. The number of aromatic carboxylic acids is 1. The van der Waals surface area contributed by atoms with Crippen LogP contribution in [-0.4, -0.2) is 27.6 Å². The third-order valence-electron chi connectivity index (χ3n) is 3.89. The molecule has 0 unspecified atom stereocenters. The fourth-order valence-corrected chi connectivity index (χ4v) is 2.43. The summed E-state index contributed by atoms with van der Waals surface area (Å²) in [6.45, 7) is 0.836. The van der Waals surface area contributed by atoms with E-state index in [0.29, 0.717) is 11.2 Å². The van der Waals surface area contributed by atoms with E-state index in [4.69, 9.17) is 5.11 Å². The number of nitrogens with zero attached hydrogens (tertiary/aromatic N) is 2. The van der Waals surface area contributed by atoms with Gasteiger partial charge in [0.1, 0.15) is 5.82 Å². The average Bonchev–Trinajstić information content (AvgIpc) is 3.27. The average molecular weight is 283 g/mol. The molecule has 0 amide bonds. The molecule has 5 nitrogen and oxygen atoms in total. The fourth-order valence-electron chi connectivity index (χ4n) is 2.43. The standard InChI is InChI=1S/C16H17N3O2/c20-15(21)13-9-18-14(10-17-13)19-11-16(6-7-16)8-12-4-2-1-3-5-12/h1-5,9-10H,6-8,11H2,(H,18,19)(H,20,21). The van der Waals surface area contributed by atoms with Crippen molar-refractivity contribution in [2.75, 3.05) is 11.9 Å². The number of carbonyl (C=O) groups is 1. The van der Waals surface area contributed by atoms with E-state index < -0.39 is 5.97 Å². The van der Waals surface area contributed by atoms with Crippen molar-refractivity contribution in [1.82, 2.24) is 9.97 Å². The fraction of sp³-hybridized carbons (Fsp3) is 0.312. The van der Waals surface area contributed by atoms with Gasteiger partial charge in [-0.15, -0.1) is 0 Å². The van der Waals surface area contributed by atoms with Crippen LogP contribution in [0.2, 0.25) is 0 Å². The summed E-state index contributed by atoms with van der Waals surface area (Å²) in [5.41, 5.74) is 1.61. The van der Waals surface area contributed by atoms with Gasteiger partial charge < -0.3 is 10.4 Å². The van der Waals surface area contributed by atoms with Gasteiger partial charge in [0, 0.05) is 6.54 Å². The lowest BCUT2D eigenvalue weighted by Gasteiger charge is -2.16. The Morgan fingerprint density at radius 2 is 1.95 bits per heavy atom. The summed E-state index contributed by atoms with van der Waals surface area (Å²) in [6.07, 6.45) is 6.22. The lowest BCUT2D eigenvalue weighted by atomic mass is 9.96. The summed E-state index contributed by atoms with van der Waals surface area (Å²) in [5.74, 6) is -0.434. The highest BCUT2D eigenvalue weighted by Crippen LogP contribution is 2.48. The maximum absolute atomic E-state index is 10.7. The first kappa shape index (κ1) is 13.5. The summed E-state index contributed by atoms with van der Waals surface area (Å²) in [5, 5.41) is 12.1. The minimum atomic E-state index is -1.06. The lowest BCUT2D eigenvalue weighted by Crippen LogP contribution is -2.18. The van der Waals surface area contributed by atoms with E-state index in [2.05, 4.69) is 39.6 Å². The Labute approximate surface area is 123 Å². The summed E-state index contributed by atoms with van der Waals surface area (Å²) in [4.78, 5) is 18.7. The van der Waals surface area contributed by atoms with Crippen molar-refractivity contribution in [1.29, 1.82) is 0 Å². The topological polar surface area (TPSA) is 75.1 Å². The molecule has 108 valence electrons. The van der Waals surface area contributed by atoms with Crippen LogP contribution in [0.4, 0.5) is 5.82 Å². The molecule has 1 aromatic heterocycles. The molecular weight excluding hydrogens is 266 g/mol. The second-order valence-corrected chi connectivity index (χ2v) is 5.61. The molecule has 0 radical (unpaired) electrons. The third kappa shape index (κ3) is 3.37. The number of aromatic nitrogens is 2. The Hall–Kier alpha value is -2.43. The van der Waals surface area contributed by atoms with E-state index in [1.807, 2.05) is 6.07 Å². The first-order valence-corrected chi connectivity index (χ1v) is 7.00. The zero-order valence-electron chi connectivity index (χ0n) is 11.6. The lowest BCUT2D eigenvalue weighted by molar-refractivity contribution is 0.0690. The predicted molar refractivity (Wildman–Crippen MR) is 79.3 cm³/mol. The Balaban J connectivity index is 1.58. The third-order valence-corrected chi connectivity index (χ3v) is 3.89. The first-order valence-electron chi connectivity index (χ1n) is 7.00. The van der Waals surface area contributed by atoms with Gasteiger partial charge in [0.25, 0.3) is 0 Å². The van der Waals surface area contributed by atoms with Crippen molar-refractivity contribution in [2.45, 2.75) is 19.3 Å². The van der Waals surface area contributed by atoms with Gasteiger partial charge in [0.15, 0.2) is 5.69 Å². The van der Waals surface area contributed by atoms with Gasteiger partial charge in [-0.2, -0.15) is 0 Å². The number of hydrogen-bond acceptors (Lipinski definition) is 4. The molecule has 0 atom stereocenters. The second-order valence-electron chi connectivity index (χ2n) is 5.61. The molecule has 1 aromatic carbocycles. The van der Waals surface area contributed by atoms with Gasteiger partial charge in [-0.25, -0.2) is 14.8 Å². The molecule has 1 saturated carbocycles. The molecule has 0 aliphatic heterocycles. The van der Waals surface area contributed by atoms with Crippen LogP contribution in [0.1, 0.15) is 28.9 Å². The summed E-state index contributed by atoms with van der Waals surface area (Å²) < 4.78 is 0. The van der Waals surface area contributed by atoms with Crippen molar-refractivity contribution >= 4 is 11.8 Å². The van der Waals surface area contributed by atoms with Gasteiger partial charge in [-0.05, 0) is 30.2 Å². The van der Waals surface area contributed by atoms with Crippen LogP contribution in [0.15, 0.2) is 42.7 Å².